The highest BCUT2D eigenvalue weighted by molar-refractivity contribution is 6.42. The minimum absolute atomic E-state index is 0.266. The summed E-state index contributed by atoms with van der Waals surface area (Å²) in [6.45, 7) is 0.590. The van der Waals surface area contributed by atoms with Gasteiger partial charge in [-0.1, -0.05) is 59.6 Å². The number of benzene rings is 2. The van der Waals surface area contributed by atoms with Crippen LogP contribution in [0.15, 0.2) is 48.5 Å². The summed E-state index contributed by atoms with van der Waals surface area (Å²) in [5, 5.41) is 1.16. The Morgan fingerprint density at radius 2 is 1.67 bits per heavy atom. The Bertz CT molecular complexity index is 511. The van der Waals surface area contributed by atoms with Crippen LogP contribution in [0.3, 0.4) is 0 Å². The van der Waals surface area contributed by atoms with E-state index in [1.54, 1.807) is 0 Å². The predicted octanol–water partition coefficient (Wildman–Crippen LogP) is 4.28. The van der Waals surface area contributed by atoms with Gasteiger partial charge in [0.15, 0.2) is 0 Å². The molecular weight excluding hydrogens is 265 g/mol. The molecule has 1 nitrogen and oxygen atoms in total. The van der Waals surface area contributed by atoms with E-state index in [1.807, 2.05) is 36.4 Å². The van der Waals surface area contributed by atoms with Gasteiger partial charge in [-0.2, -0.15) is 0 Å². The lowest BCUT2D eigenvalue weighted by Gasteiger charge is -2.16. The molecule has 0 aromatic heterocycles. The van der Waals surface area contributed by atoms with Crippen LogP contribution in [0.1, 0.15) is 17.0 Å². The van der Waals surface area contributed by atoms with E-state index in [-0.39, 0.29) is 5.92 Å². The van der Waals surface area contributed by atoms with Gasteiger partial charge in [0.05, 0.1) is 10.0 Å². The molecule has 0 saturated heterocycles. The summed E-state index contributed by atoms with van der Waals surface area (Å²) >= 11 is 12.0. The molecule has 0 aliphatic carbocycles. The van der Waals surface area contributed by atoms with Crippen molar-refractivity contribution in [2.45, 2.75) is 12.3 Å². The fourth-order valence-corrected chi connectivity index (χ4v) is 2.31. The molecule has 0 fully saturated rings. The molecule has 18 heavy (non-hydrogen) atoms. The first kappa shape index (κ1) is 13.4. The molecule has 2 rings (SSSR count). The van der Waals surface area contributed by atoms with Crippen molar-refractivity contribution in [1.29, 1.82) is 0 Å². The third-order valence-electron chi connectivity index (χ3n) is 3.02. The summed E-state index contributed by atoms with van der Waals surface area (Å²) in [6.07, 6.45) is 0.912. The summed E-state index contributed by atoms with van der Waals surface area (Å²) in [4.78, 5) is 0. The van der Waals surface area contributed by atoms with Crippen LogP contribution in [-0.4, -0.2) is 6.54 Å². The zero-order chi connectivity index (χ0) is 13.0. The number of rotatable bonds is 4. The maximum absolute atomic E-state index is 6.05. The van der Waals surface area contributed by atoms with Crippen molar-refractivity contribution in [3.8, 4) is 0 Å². The van der Waals surface area contributed by atoms with Gasteiger partial charge < -0.3 is 5.73 Å². The summed E-state index contributed by atoms with van der Waals surface area (Å²) in [7, 11) is 0. The molecule has 0 radical (unpaired) electrons. The average Bonchev–Trinajstić information content (AvgIpc) is 2.40. The van der Waals surface area contributed by atoms with Crippen LogP contribution in [0, 0.1) is 0 Å². The zero-order valence-electron chi connectivity index (χ0n) is 9.94. The molecule has 2 aromatic carbocycles. The van der Waals surface area contributed by atoms with Crippen LogP contribution in [0.2, 0.25) is 10.0 Å². The second-order valence-corrected chi connectivity index (χ2v) is 5.11. The lowest BCUT2D eigenvalue weighted by molar-refractivity contribution is 0.694. The summed E-state index contributed by atoms with van der Waals surface area (Å²) in [5.74, 6) is 0.266. The first-order valence-electron chi connectivity index (χ1n) is 5.89. The Balaban J connectivity index is 2.20. The second-order valence-electron chi connectivity index (χ2n) is 4.30. The molecule has 0 saturated carbocycles. The van der Waals surface area contributed by atoms with Gasteiger partial charge in [-0.25, -0.2) is 0 Å². The van der Waals surface area contributed by atoms with Gasteiger partial charge in [-0.15, -0.1) is 0 Å². The Hall–Kier alpha value is -1.02. The first-order valence-corrected chi connectivity index (χ1v) is 6.65. The van der Waals surface area contributed by atoms with Gasteiger partial charge in [0.2, 0.25) is 0 Å². The highest BCUT2D eigenvalue weighted by atomic mass is 35.5. The van der Waals surface area contributed by atoms with Crippen molar-refractivity contribution >= 4 is 23.2 Å². The molecule has 0 bridgehead atoms. The molecule has 2 N–H and O–H groups in total. The van der Waals surface area contributed by atoms with Gasteiger partial charge in [0.25, 0.3) is 0 Å². The predicted molar refractivity (Wildman–Crippen MR) is 78.4 cm³/mol. The number of hydrogen-bond acceptors (Lipinski definition) is 1. The number of hydrogen-bond donors (Lipinski definition) is 1. The van der Waals surface area contributed by atoms with Gasteiger partial charge in [-0.05, 0) is 36.2 Å². The molecule has 0 heterocycles. The van der Waals surface area contributed by atoms with E-state index in [1.165, 1.54) is 5.56 Å². The minimum Gasteiger partial charge on any atom is -0.330 e. The lowest BCUT2D eigenvalue weighted by atomic mass is 9.92. The van der Waals surface area contributed by atoms with E-state index in [0.29, 0.717) is 16.6 Å². The Morgan fingerprint density at radius 3 is 2.28 bits per heavy atom. The molecule has 0 aliphatic rings. The fourth-order valence-electron chi connectivity index (χ4n) is 2.00. The molecule has 0 amide bonds. The average molecular weight is 280 g/mol. The van der Waals surface area contributed by atoms with Crippen LogP contribution in [0.4, 0.5) is 0 Å². The smallest absolute Gasteiger partial charge is 0.0595 e. The number of nitrogens with two attached hydrogens (primary N) is 1. The third kappa shape index (κ3) is 3.26. The second kappa shape index (κ2) is 6.24. The Morgan fingerprint density at radius 1 is 0.944 bits per heavy atom. The largest absolute Gasteiger partial charge is 0.330 e. The fraction of sp³-hybridized carbons (Fsp3) is 0.200. The van der Waals surface area contributed by atoms with E-state index in [9.17, 15) is 0 Å². The Labute approximate surface area is 118 Å². The highest BCUT2D eigenvalue weighted by Crippen LogP contribution is 2.27. The van der Waals surface area contributed by atoms with E-state index in [2.05, 4.69) is 12.1 Å². The molecule has 1 unspecified atom stereocenters. The van der Waals surface area contributed by atoms with Crippen molar-refractivity contribution in [1.82, 2.24) is 0 Å². The summed E-state index contributed by atoms with van der Waals surface area (Å²) < 4.78 is 0. The highest BCUT2D eigenvalue weighted by Gasteiger charge is 2.12. The number of halogens is 2. The van der Waals surface area contributed by atoms with Gasteiger partial charge in [0.1, 0.15) is 0 Å². The van der Waals surface area contributed by atoms with Crippen LogP contribution < -0.4 is 5.73 Å². The van der Waals surface area contributed by atoms with Gasteiger partial charge >= 0.3 is 0 Å². The first-order chi connectivity index (χ1) is 8.70. The molecular formula is C15H15Cl2N. The normalized spacial score (nSPS) is 12.4. The van der Waals surface area contributed by atoms with Crippen LogP contribution >= 0.6 is 23.2 Å². The van der Waals surface area contributed by atoms with Gasteiger partial charge in [0, 0.05) is 5.92 Å². The van der Waals surface area contributed by atoms with Crippen LogP contribution in [-0.2, 0) is 6.42 Å². The molecule has 1 atom stereocenters. The molecule has 3 heteroatoms. The van der Waals surface area contributed by atoms with Crippen molar-refractivity contribution < 1.29 is 0 Å². The van der Waals surface area contributed by atoms with E-state index in [4.69, 9.17) is 28.9 Å². The van der Waals surface area contributed by atoms with E-state index >= 15 is 0 Å². The lowest BCUT2D eigenvalue weighted by Crippen LogP contribution is -2.15. The molecule has 2 aromatic rings. The zero-order valence-corrected chi connectivity index (χ0v) is 11.5. The summed E-state index contributed by atoms with van der Waals surface area (Å²) in [5.41, 5.74) is 8.28. The van der Waals surface area contributed by atoms with E-state index < -0.39 is 0 Å². The van der Waals surface area contributed by atoms with Crippen LogP contribution in [0.25, 0.3) is 0 Å². The monoisotopic (exact) mass is 279 g/mol. The maximum Gasteiger partial charge on any atom is 0.0595 e. The van der Waals surface area contributed by atoms with Crippen molar-refractivity contribution in [2.75, 3.05) is 6.54 Å². The topological polar surface area (TPSA) is 26.0 Å². The van der Waals surface area contributed by atoms with Crippen molar-refractivity contribution in [3.63, 3.8) is 0 Å². The third-order valence-corrected chi connectivity index (χ3v) is 3.76. The van der Waals surface area contributed by atoms with Gasteiger partial charge in [-0.3, -0.25) is 0 Å². The summed E-state index contributed by atoms with van der Waals surface area (Å²) in [6, 6.07) is 16.0. The molecule has 0 aliphatic heterocycles. The SMILES string of the molecule is NCC(Cc1ccccc1)c1ccc(Cl)c(Cl)c1. The van der Waals surface area contributed by atoms with Crippen LogP contribution in [0.5, 0.6) is 0 Å². The Kier molecular flexibility index (Phi) is 4.65. The van der Waals surface area contributed by atoms with Crippen molar-refractivity contribution in [3.05, 3.63) is 69.7 Å². The minimum atomic E-state index is 0.266. The van der Waals surface area contributed by atoms with Crippen molar-refractivity contribution in [2.24, 2.45) is 5.73 Å². The quantitative estimate of drug-likeness (QED) is 0.888. The molecule has 94 valence electrons. The standard InChI is InChI=1S/C15H15Cl2N/c16-14-7-6-12(9-15(14)17)13(10-18)8-11-4-2-1-3-5-11/h1-7,9,13H,8,10,18H2. The molecule has 0 spiro atoms. The maximum atomic E-state index is 6.05. The van der Waals surface area contributed by atoms with E-state index in [0.717, 1.165) is 12.0 Å².